The van der Waals surface area contributed by atoms with Crippen LogP contribution in [0.2, 0.25) is 0 Å². The molecule has 1 amide bonds. The fourth-order valence-electron chi connectivity index (χ4n) is 2.28. The monoisotopic (exact) mass is 261 g/mol. The lowest BCUT2D eigenvalue weighted by molar-refractivity contribution is -0.908. The summed E-state index contributed by atoms with van der Waals surface area (Å²) in [6, 6.07) is 6.98. The molecule has 0 radical (unpaired) electrons. The van der Waals surface area contributed by atoms with Gasteiger partial charge in [-0.3, -0.25) is 4.79 Å². The predicted molar refractivity (Wildman–Crippen MR) is 77.1 cm³/mol. The van der Waals surface area contributed by atoms with Gasteiger partial charge in [0.15, 0.2) is 6.04 Å². The molecule has 3 nitrogen and oxygen atoms in total. The van der Waals surface area contributed by atoms with Crippen molar-refractivity contribution in [3.63, 3.8) is 0 Å². The SMILES string of the molecule is Cc1ccc(C[NH+](C)[C@@H](C)C(=O)NC2CC2)c(C)c1. The highest BCUT2D eigenvalue weighted by atomic mass is 16.2. The van der Waals surface area contributed by atoms with Crippen molar-refractivity contribution in [2.75, 3.05) is 7.05 Å². The fraction of sp³-hybridized carbons (Fsp3) is 0.562. The molecule has 1 fully saturated rings. The zero-order valence-corrected chi connectivity index (χ0v) is 12.4. The van der Waals surface area contributed by atoms with E-state index in [1.807, 2.05) is 6.92 Å². The maximum absolute atomic E-state index is 12.0. The number of benzene rings is 1. The van der Waals surface area contributed by atoms with Crippen molar-refractivity contribution >= 4 is 5.91 Å². The molecule has 1 aromatic carbocycles. The standard InChI is InChI=1S/C16H24N2O/c1-11-5-6-14(12(2)9-11)10-18(4)13(3)16(19)17-15-7-8-15/h5-6,9,13,15H,7-8,10H2,1-4H3,(H,17,19)/p+1/t13-/m0/s1. The normalized spacial score (nSPS) is 17.9. The quantitative estimate of drug-likeness (QED) is 0.814. The first-order chi connectivity index (χ1) is 8.97. The largest absolute Gasteiger partial charge is 0.348 e. The molecule has 3 heteroatoms. The molecule has 0 bridgehead atoms. The summed E-state index contributed by atoms with van der Waals surface area (Å²) in [4.78, 5) is 13.3. The van der Waals surface area contributed by atoms with Gasteiger partial charge in [0.2, 0.25) is 0 Å². The van der Waals surface area contributed by atoms with Crippen molar-refractivity contribution in [1.29, 1.82) is 0 Å². The lowest BCUT2D eigenvalue weighted by atomic mass is 10.0. The van der Waals surface area contributed by atoms with Gasteiger partial charge >= 0.3 is 0 Å². The molecular formula is C16H25N2O+. The van der Waals surface area contributed by atoms with E-state index in [1.54, 1.807) is 0 Å². The molecule has 1 aliphatic rings. The van der Waals surface area contributed by atoms with Crippen LogP contribution in [0, 0.1) is 13.8 Å². The molecule has 104 valence electrons. The number of aryl methyl sites for hydroxylation is 2. The Morgan fingerprint density at radius 2 is 2.11 bits per heavy atom. The Morgan fingerprint density at radius 3 is 2.68 bits per heavy atom. The first-order valence-electron chi connectivity index (χ1n) is 7.16. The second-order valence-electron chi connectivity index (χ2n) is 5.96. The van der Waals surface area contributed by atoms with Crippen molar-refractivity contribution in [2.45, 2.75) is 52.2 Å². The molecule has 0 heterocycles. The van der Waals surface area contributed by atoms with Gasteiger partial charge < -0.3 is 10.2 Å². The van der Waals surface area contributed by atoms with E-state index < -0.39 is 0 Å². The van der Waals surface area contributed by atoms with Crippen LogP contribution in [0.15, 0.2) is 18.2 Å². The Bertz CT molecular complexity index is 466. The Morgan fingerprint density at radius 1 is 1.42 bits per heavy atom. The Labute approximate surface area is 116 Å². The van der Waals surface area contributed by atoms with Gasteiger partial charge in [0.05, 0.1) is 7.05 Å². The molecule has 19 heavy (non-hydrogen) atoms. The molecule has 2 N–H and O–H groups in total. The van der Waals surface area contributed by atoms with Crippen molar-refractivity contribution in [1.82, 2.24) is 5.32 Å². The van der Waals surface area contributed by atoms with Gasteiger partial charge in [0.25, 0.3) is 5.91 Å². The molecule has 0 saturated heterocycles. The van der Waals surface area contributed by atoms with Crippen LogP contribution in [0.4, 0.5) is 0 Å². The van der Waals surface area contributed by atoms with E-state index in [4.69, 9.17) is 0 Å². The van der Waals surface area contributed by atoms with Gasteiger partial charge in [-0.25, -0.2) is 0 Å². The van der Waals surface area contributed by atoms with Crippen molar-refractivity contribution in [3.8, 4) is 0 Å². The summed E-state index contributed by atoms with van der Waals surface area (Å²) in [5, 5.41) is 3.08. The maximum Gasteiger partial charge on any atom is 0.278 e. The summed E-state index contributed by atoms with van der Waals surface area (Å²) in [7, 11) is 2.09. The van der Waals surface area contributed by atoms with Crippen molar-refractivity contribution in [2.24, 2.45) is 0 Å². The second kappa shape index (κ2) is 5.74. The van der Waals surface area contributed by atoms with Gasteiger partial charge in [-0.1, -0.05) is 23.8 Å². The average Bonchev–Trinajstić information content (AvgIpc) is 3.15. The van der Waals surface area contributed by atoms with E-state index >= 15 is 0 Å². The second-order valence-corrected chi connectivity index (χ2v) is 5.96. The van der Waals surface area contributed by atoms with E-state index in [9.17, 15) is 4.79 Å². The molecule has 2 rings (SSSR count). The Balaban J connectivity index is 1.94. The molecule has 0 aliphatic heterocycles. The minimum Gasteiger partial charge on any atom is -0.348 e. The number of hydrogen-bond donors (Lipinski definition) is 2. The van der Waals surface area contributed by atoms with Crippen LogP contribution < -0.4 is 10.2 Å². The van der Waals surface area contributed by atoms with Crippen LogP contribution in [0.1, 0.15) is 36.5 Å². The van der Waals surface area contributed by atoms with Gasteiger partial charge in [0.1, 0.15) is 6.54 Å². The summed E-state index contributed by atoms with van der Waals surface area (Å²) in [6.45, 7) is 7.16. The first-order valence-corrected chi connectivity index (χ1v) is 7.16. The zero-order chi connectivity index (χ0) is 14.0. The van der Waals surface area contributed by atoms with E-state index in [2.05, 4.69) is 44.4 Å². The number of carbonyl (C=O) groups is 1. The summed E-state index contributed by atoms with van der Waals surface area (Å²) < 4.78 is 0. The number of nitrogens with one attached hydrogen (secondary N) is 2. The third-order valence-corrected chi connectivity index (χ3v) is 4.02. The van der Waals surface area contributed by atoms with Gasteiger partial charge in [-0.2, -0.15) is 0 Å². The smallest absolute Gasteiger partial charge is 0.278 e. The summed E-state index contributed by atoms with van der Waals surface area (Å²) in [6.07, 6.45) is 2.29. The lowest BCUT2D eigenvalue weighted by Crippen LogP contribution is -3.12. The third-order valence-electron chi connectivity index (χ3n) is 4.02. The summed E-state index contributed by atoms with van der Waals surface area (Å²) in [5.74, 6) is 0.185. The lowest BCUT2D eigenvalue weighted by Gasteiger charge is -2.22. The molecule has 2 atom stereocenters. The predicted octanol–water partition coefficient (Wildman–Crippen LogP) is 0.985. The Kier molecular flexibility index (Phi) is 4.25. The number of amides is 1. The van der Waals surface area contributed by atoms with E-state index in [0.717, 1.165) is 19.4 Å². The fourth-order valence-corrected chi connectivity index (χ4v) is 2.28. The zero-order valence-electron chi connectivity index (χ0n) is 12.4. The van der Waals surface area contributed by atoms with Crippen LogP contribution >= 0.6 is 0 Å². The molecule has 0 spiro atoms. The molecule has 1 aromatic rings. The van der Waals surface area contributed by atoms with Crippen LogP contribution in [0.25, 0.3) is 0 Å². The van der Waals surface area contributed by atoms with Gasteiger partial charge in [-0.15, -0.1) is 0 Å². The average molecular weight is 261 g/mol. The number of rotatable bonds is 5. The van der Waals surface area contributed by atoms with Gasteiger partial charge in [-0.05, 0) is 39.2 Å². The minimum atomic E-state index is 0.00121. The topological polar surface area (TPSA) is 33.5 Å². The molecular weight excluding hydrogens is 236 g/mol. The van der Waals surface area contributed by atoms with Crippen LogP contribution in [0.3, 0.4) is 0 Å². The number of likely N-dealkylation sites (N-methyl/N-ethyl adjacent to an activating group) is 1. The third kappa shape index (κ3) is 3.80. The molecule has 1 saturated carbocycles. The highest BCUT2D eigenvalue weighted by Gasteiger charge is 2.29. The van der Waals surface area contributed by atoms with E-state index in [0.29, 0.717) is 6.04 Å². The minimum absolute atomic E-state index is 0.00121. The Hall–Kier alpha value is -1.35. The van der Waals surface area contributed by atoms with Crippen LogP contribution in [-0.4, -0.2) is 25.0 Å². The van der Waals surface area contributed by atoms with Crippen molar-refractivity contribution < 1.29 is 9.69 Å². The van der Waals surface area contributed by atoms with E-state index in [1.165, 1.54) is 21.6 Å². The highest BCUT2D eigenvalue weighted by molar-refractivity contribution is 5.80. The number of quaternary nitrogens is 1. The first kappa shape index (κ1) is 14.1. The molecule has 0 aromatic heterocycles. The van der Waals surface area contributed by atoms with Crippen LogP contribution in [0.5, 0.6) is 0 Å². The molecule has 1 aliphatic carbocycles. The van der Waals surface area contributed by atoms with Crippen LogP contribution in [-0.2, 0) is 11.3 Å². The maximum atomic E-state index is 12.0. The molecule has 1 unspecified atom stereocenters. The van der Waals surface area contributed by atoms with E-state index in [-0.39, 0.29) is 11.9 Å². The van der Waals surface area contributed by atoms with Crippen molar-refractivity contribution in [3.05, 3.63) is 34.9 Å². The number of carbonyl (C=O) groups excluding carboxylic acids is 1. The highest BCUT2D eigenvalue weighted by Crippen LogP contribution is 2.18. The number of hydrogen-bond acceptors (Lipinski definition) is 1. The summed E-state index contributed by atoms with van der Waals surface area (Å²) in [5.41, 5.74) is 3.93. The van der Waals surface area contributed by atoms with Gasteiger partial charge in [0, 0.05) is 11.6 Å². The summed E-state index contributed by atoms with van der Waals surface area (Å²) >= 11 is 0.